The maximum atomic E-state index is 5.28. The Kier molecular flexibility index (Phi) is 2.43. The van der Waals surface area contributed by atoms with E-state index >= 15 is 0 Å². The van der Waals surface area contributed by atoms with Gasteiger partial charge in [-0.1, -0.05) is 11.3 Å². The zero-order valence-corrected chi connectivity index (χ0v) is 8.74. The molecule has 0 unspecified atom stereocenters. The number of aliphatic imine (C=N–C) groups is 1. The Bertz CT molecular complexity index is 381. The van der Waals surface area contributed by atoms with Crippen molar-refractivity contribution < 1.29 is 4.84 Å². The Morgan fingerprint density at radius 1 is 1.85 bits per heavy atom. The Labute approximate surface area is 84.8 Å². The molecule has 6 heteroatoms. The molecule has 0 aliphatic carbocycles. The predicted molar refractivity (Wildman–Crippen MR) is 54.8 cm³/mol. The van der Waals surface area contributed by atoms with Gasteiger partial charge in [0.1, 0.15) is 11.3 Å². The van der Waals surface area contributed by atoms with Gasteiger partial charge in [0.2, 0.25) is 0 Å². The maximum absolute atomic E-state index is 5.28. The van der Waals surface area contributed by atoms with Gasteiger partial charge in [-0.25, -0.2) is 10.1 Å². The first-order valence-corrected chi connectivity index (χ1v) is 5.18. The first kappa shape index (κ1) is 8.86. The van der Waals surface area contributed by atoms with Gasteiger partial charge in [0.05, 0.1) is 18.8 Å². The van der Waals surface area contributed by atoms with Gasteiger partial charge >= 0.3 is 0 Å². The van der Waals surface area contributed by atoms with Crippen LogP contribution in [0.25, 0.3) is 0 Å². The lowest BCUT2D eigenvalue weighted by Crippen LogP contribution is -2.24. The molecule has 1 aromatic rings. The summed E-state index contributed by atoms with van der Waals surface area (Å²) in [6, 6.07) is 0. The minimum atomic E-state index is 0.645. The van der Waals surface area contributed by atoms with Crippen molar-refractivity contribution in [2.75, 3.05) is 6.61 Å². The van der Waals surface area contributed by atoms with Gasteiger partial charge < -0.3 is 4.98 Å². The van der Waals surface area contributed by atoms with Gasteiger partial charge in [0.25, 0.3) is 0 Å². The summed E-state index contributed by atoms with van der Waals surface area (Å²) in [6.07, 6.45) is 1.69. The van der Waals surface area contributed by atoms with Crippen LogP contribution in [0.15, 0.2) is 4.99 Å². The van der Waals surface area contributed by atoms with E-state index in [0.717, 1.165) is 14.6 Å². The molecule has 0 radical (unpaired) electrons. The molecular formula is C7H9N3OS2. The first-order chi connectivity index (χ1) is 6.29. The Balaban J connectivity index is 2.22. The quantitative estimate of drug-likeness (QED) is 0.769. The van der Waals surface area contributed by atoms with Crippen molar-refractivity contribution in [1.29, 1.82) is 0 Å². The third-order valence-corrected chi connectivity index (χ3v) is 2.80. The van der Waals surface area contributed by atoms with Crippen LogP contribution in [0.5, 0.6) is 0 Å². The van der Waals surface area contributed by atoms with Gasteiger partial charge in [-0.05, 0) is 19.1 Å². The lowest BCUT2D eigenvalue weighted by atomic mass is 10.4. The van der Waals surface area contributed by atoms with Crippen molar-refractivity contribution >= 4 is 34.9 Å². The van der Waals surface area contributed by atoms with Crippen LogP contribution < -0.4 is 0 Å². The normalized spacial score (nSPS) is 14.7. The van der Waals surface area contributed by atoms with Gasteiger partial charge in [0, 0.05) is 0 Å². The summed E-state index contributed by atoms with van der Waals surface area (Å²) in [5.74, 6) is 0. The first-order valence-electron chi connectivity index (χ1n) is 3.95. The number of aromatic nitrogens is 1. The number of hydrogen-bond acceptors (Lipinski definition) is 5. The molecule has 0 fully saturated rings. The monoisotopic (exact) mass is 215 g/mol. The van der Waals surface area contributed by atoms with Crippen molar-refractivity contribution in [2.24, 2.45) is 4.99 Å². The van der Waals surface area contributed by atoms with E-state index in [1.807, 2.05) is 6.92 Å². The highest BCUT2D eigenvalue weighted by Crippen LogP contribution is 2.28. The molecule has 1 aromatic heterocycles. The summed E-state index contributed by atoms with van der Waals surface area (Å²) in [7, 11) is 0. The van der Waals surface area contributed by atoms with E-state index in [-0.39, 0.29) is 0 Å². The van der Waals surface area contributed by atoms with E-state index in [2.05, 4.69) is 9.98 Å². The molecule has 13 heavy (non-hydrogen) atoms. The topological polar surface area (TPSA) is 40.6 Å². The molecule has 0 aromatic carbocycles. The average molecular weight is 215 g/mol. The third kappa shape index (κ3) is 1.79. The lowest BCUT2D eigenvalue weighted by molar-refractivity contribution is -0.0969. The second-order valence-corrected chi connectivity index (χ2v) is 4.20. The van der Waals surface area contributed by atoms with E-state index in [1.165, 1.54) is 11.3 Å². The van der Waals surface area contributed by atoms with Gasteiger partial charge in [-0.15, -0.1) is 0 Å². The standard InChI is InChI=1S/C7H9N3OS2/c1-2-11-10-3-5-6(8-4-10)13-7(12)9-5/h4H,2-3H2,1H3,(H,9,12). The van der Waals surface area contributed by atoms with Crippen molar-refractivity contribution in [1.82, 2.24) is 10.0 Å². The largest absolute Gasteiger partial charge is 0.337 e. The van der Waals surface area contributed by atoms with E-state index in [4.69, 9.17) is 17.1 Å². The number of nitrogens with zero attached hydrogens (tertiary/aromatic N) is 2. The number of rotatable bonds is 2. The van der Waals surface area contributed by atoms with Crippen molar-refractivity contribution in [3.8, 4) is 0 Å². The van der Waals surface area contributed by atoms with Gasteiger partial charge in [-0.3, -0.25) is 4.84 Å². The molecule has 2 rings (SSSR count). The van der Waals surface area contributed by atoms with Crippen molar-refractivity contribution in [3.63, 3.8) is 0 Å². The molecule has 0 saturated carbocycles. The number of H-pyrrole nitrogens is 1. The number of hydroxylamine groups is 2. The number of fused-ring (bicyclic) bond motifs is 1. The van der Waals surface area contributed by atoms with Crippen LogP contribution in [0.3, 0.4) is 0 Å². The second kappa shape index (κ2) is 3.57. The molecule has 2 heterocycles. The smallest absolute Gasteiger partial charge is 0.160 e. The summed E-state index contributed by atoms with van der Waals surface area (Å²) >= 11 is 6.50. The molecule has 1 N–H and O–H groups in total. The Hall–Kier alpha value is -0.720. The van der Waals surface area contributed by atoms with Crippen LogP contribution >= 0.6 is 23.6 Å². The summed E-state index contributed by atoms with van der Waals surface area (Å²) < 4.78 is 0.764. The van der Waals surface area contributed by atoms with E-state index in [9.17, 15) is 0 Å². The summed E-state index contributed by atoms with van der Waals surface area (Å²) in [5, 5.41) is 2.65. The van der Waals surface area contributed by atoms with Crippen LogP contribution in [-0.4, -0.2) is 23.0 Å². The SMILES string of the molecule is CCON1C=Nc2sc(=S)[nH]c2C1. The molecule has 70 valence electrons. The molecule has 4 nitrogen and oxygen atoms in total. The fourth-order valence-corrected chi connectivity index (χ4v) is 2.17. The van der Waals surface area contributed by atoms with E-state index < -0.39 is 0 Å². The molecule has 0 atom stereocenters. The minimum absolute atomic E-state index is 0.645. The molecule has 0 bridgehead atoms. The maximum Gasteiger partial charge on any atom is 0.160 e. The Morgan fingerprint density at radius 3 is 3.46 bits per heavy atom. The highest BCUT2D eigenvalue weighted by atomic mass is 32.1. The fraction of sp³-hybridized carbons (Fsp3) is 0.429. The highest BCUT2D eigenvalue weighted by Gasteiger charge is 2.13. The third-order valence-electron chi connectivity index (χ3n) is 1.61. The van der Waals surface area contributed by atoms with Crippen LogP contribution in [-0.2, 0) is 11.4 Å². The van der Waals surface area contributed by atoms with Crippen LogP contribution in [0.2, 0.25) is 0 Å². The fourth-order valence-electron chi connectivity index (χ4n) is 1.12. The van der Waals surface area contributed by atoms with Crippen molar-refractivity contribution in [3.05, 3.63) is 9.65 Å². The number of aromatic amines is 1. The molecule has 0 amide bonds. The summed E-state index contributed by atoms with van der Waals surface area (Å²) in [4.78, 5) is 12.6. The number of nitrogens with one attached hydrogen (secondary N) is 1. The average Bonchev–Trinajstić information content (AvgIpc) is 2.44. The molecule has 1 aliphatic heterocycles. The minimum Gasteiger partial charge on any atom is -0.337 e. The number of thiazole rings is 1. The van der Waals surface area contributed by atoms with Crippen LogP contribution in [0.1, 0.15) is 12.6 Å². The Morgan fingerprint density at radius 2 is 2.69 bits per heavy atom. The molecular weight excluding hydrogens is 206 g/mol. The van der Waals surface area contributed by atoms with Crippen LogP contribution in [0, 0.1) is 3.95 Å². The van der Waals surface area contributed by atoms with Crippen LogP contribution in [0.4, 0.5) is 5.00 Å². The molecule has 0 spiro atoms. The summed E-state index contributed by atoms with van der Waals surface area (Å²) in [5.41, 5.74) is 1.03. The highest BCUT2D eigenvalue weighted by molar-refractivity contribution is 7.73. The van der Waals surface area contributed by atoms with E-state index in [1.54, 1.807) is 11.4 Å². The lowest BCUT2D eigenvalue weighted by Gasteiger charge is -2.19. The summed E-state index contributed by atoms with van der Waals surface area (Å²) in [6.45, 7) is 3.28. The molecule has 1 aliphatic rings. The predicted octanol–water partition coefficient (Wildman–Crippen LogP) is 2.23. The van der Waals surface area contributed by atoms with Gasteiger partial charge in [-0.2, -0.15) is 0 Å². The van der Waals surface area contributed by atoms with E-state index in [0.29, 0.717) is 13.2 Å². The van der Waals surface area contributed by atoms with Crippen molar-refractivity contribution in [2.45, 2.75) is 13.5 Å². The zero-order chi connectivity index (χ0) is 9.26. The zero-order valence-electron chi connectivity index (χ0n) is 7.11. The second-order valence-electron chi connectivity index (χ2n) is 2.54. The van der Waals surface area contributed by atoms with Gasteiger partial charge in [0.15, 0.2) is 3.95 Å². The molecule has 0 saturated heterocycles. The number of hydrogen-bond donors (Lipinski definition) is 1.